The molecule has 1 aromatic carbocycles. The molecule has 1 fully saturated rings. The molecule has 0 spiro atoms. The second-order valence-corrected chi connectivity index (χ2v) is 7.83. The molecule has 2 aromatic rings. The highest BCUT2D eigenvalue weighted by molar-refractivity contribution is 7.89. The van der Waals surface area contributed by atoms with Crippen molar-refractivity contribution in [1.82, 2.24) is 19.4 Å². The number of aromatic nitrogens is 2. The van der Waals surface area contributed by atoms with Gasteiger partial charge in [-0.15, -0.1) is 0 Å². The maximum Gasteiger partial charge on any atom is 0.244 e. The number of benzene rings is 1. The second-order valence-electron chi connectivity index (χ2n) is 6.15. The lowest BCUT2D eigenvalue weighted by Crippen LogP contribution is -2.37. The largest absolute Gasteiger partial charge is 0.495 e. The fourth-order valence-corrected chi connectivity index (χ4v) is 4.48. The smallest absolute Gasteiger partial charge is 0.244 e. The molecule has 0 bridgehead atoms. The third-order valence-electron chi connectivity index (χ3n) is 4.24. The van der Waals surface area contributed by atoms with Crippen molar-refractivity contribution < 1.29 is 17.9 Å². The quantitative estimate of drug-likeness (QED) is 0.781. The number of carbonyl (C=O) groups excluding carboxylic acids is 1. The molecule has 1 aromatic heterocycles. The molecule has 1 N–H and O–H groups in total. The predicted octanol–water partition coefficient (Wildman–Crippen LogP) is 1.17. The maximum atomic E-state index is 12.9. The predicted molar refractivity (Wildman–Crippen MR) is 95.7 cm³/mol. The van der Waals surface area contributed by atoms with Crippen LogP contribution in [0, 0.1) is 0 Å². The van der Waals surface area contributed by atoms with E-state index >= 15 is 0 Å². The van der Waals surface area contributed by atoms with Crippen LogP contribution < -0.4 is 9.46 Å². The van der Waals surface area contributed by atoms with Crippen molar-refractivity contribution in [3.63, 3.8) is 0 Å². The average Bonchev–Trinajstić information content (AvgIpc) is 3.25. The highest BCUT2D eigenvalue weighted by atomic mass is 32.2. The van der Waals surface area contributed by atoms with Crippen LogP contribution in [0.3, 0.4) is 0 Å². The Labute approximate surface area is 152 Å². The van der Waals surface area contributed by atoms with E-state index in [1.165, 1.54) is 13.2 Å². The van der Waals surface area contributed by atoms with Gasteiger partial charge >= 0.3 is 0 Å². The number of ether oxygens (including phenoxy) is 1. The number of nitrogens with zero attached hydrogens (tertiary/aromatic N) is 3. The second kappa shape index (κ2) is 7.46. The van der Waals surface area contributed by atoms with E-state index in [1.807, 2.05) is 6.92 Å². The Morgan fingerprint density at radius 1 is 1.38 bits per heavy atom. The summed E-state index contributed by atoms with van der Waals surface area (Å²) in [4.78, 5) is 13.7. The number of methoxy groups -OCH3 is 1. The number of hydrogen-bond acceptors (Lipinski definition) is 5. The highest BCUT2D eigenvalue weighted by Crippen LogP contribution is 2.27. The van der Waals surface area contributed by atoms with Crippen LogP contribution in [0.25, 0.3) is 5.69 Å². The van der Waals surface area contributed by atoms with Gasteiger partial charge in [0.1, 0.15) is 10.6 Å². The summed E-state index contributed by atoms with van der Waals surface area (Å²) in [6, 6.07) is 6.14. The summed E-state index contributed by atoms with van der Waals surface area (Å²) in [6.07, 6.45) is 4.35. The van der Waals surface area contributed by atoms with Gasteiger partial charge in [-0.3, -0.25) is 4.79 Å². The van der Waals surface area contributed by atoms with Crippen LogP contribution in [-0.4, -0.2) is 55.2 Å². The molecule has 2 heterocycles. The third kappa shape index (κ3) is 3.73. The van der Waals surface area contributed by atoms with Gasteiger partial charge in [0.25, 0.3) is 0 Å². The van der Waals surface area contributed by atoms with Gasteiger partial charge < -0.3 is 9.64 Å². The van der Waals surface area contributed by atoms with Crippen molar-refractivity contribution in [3.8, 4) is 11.4 Å². The van der Waals surface area contributed by atoms with Crippen LogP contribution in [0.1, 0.15) is 19.8 Å². The van der Waals surface area contributed by atoms with Gasteiger partial charge in [0, 0.05) is 37.9 Å². The van der Waals surface area contributed by atoms with Gasteiger partial charge in [-0.05, 0) is 30.7 Å². The molecule has 140 valence electrons. The molecule has 1 aliphatic rings. The van der Waals surface area contributed by atoms with Crippen LogP contribution in [0.5, 0.6) is 5.75 Å². The average molecular weight is 378 g/mol. The van der Waals surface area contributed by atoms with Gasteiger partial charge in [0.2, 0.25) is 15.9 Å². The molecule has 3 rings (SSSR count). The molecule has 0 radical (unpaired) electrons. The summed E-state index contributed by atoms with van der Waals surface area (Å²) in [5.41, 5.74) is 0.603. The molecule has 1 amide bonds. The fourth-order valence-electron chi connectivity index (χ4n) is 3.06. The molecule has 1 saturated heterocycles. The zero-order chi connectivity index (χ0) is 18.7. The summed E-state index contributed by atoms with van der Waals surface area (Å²) in [5, 5.41) is 4.12. The van der Waals surface area contributed by atoms with E-state index in [0.717, 1.165) is 6.42 Å². The summed E-state index contributed by atoms with van der Waals surface area (Å²) in [7, 11) is -2.44. The molecule has 1 aliphatic heterocycles. The van der Waals surface area contributed by atoms with Gasteiger partial charge in [-0.2, -0.15) is 5.10 Å². The lowest BCUT2D eigenvalue weighted by atomic mass is 10.3. The Morgan fingerprint density at radius 2 is 2.19 bits per heavy atom. The van der Waals surface area contributed by atoms with E-state index in [0.29, 0.717) is 18.8 Å². The van der Waals surface area contributed by atoms with Gasteiger partial charge in [0.05, 0.1) is 12.8 Å². The van der Waals surface area contributed by atoms with Crippen LogP contribution >= 0.6 is 0 Å². The lowest BCUT2D eigenvalue weighted by molar-refractivity contribution is -0.127. The SMILES string of the molecule is CCCN1C[C@@H](NS(=O)(=O)c2cc(-n3cccn3)ccc2OC)CC1=O. The van der Waals surface area contributed by atoms with Gasteiger partial charge in [-0.25, -0.2) is 17.8 Å². The standard InChI is InChI=1S/C17H22N4O4S/c1-3-8-20-12-13(10-17(20)22)19-26(23,24)16-11-14(5-6-15(16)25-2)21-9-4-7-18-21/h4-7,9,11,13,19H,3,8,10,12H2,1-2H3/t13-/m0/s1. The number of likely N-dealkylation sites (tertiary alicyclic amines) is 1. The molecule has 0 aliphatic carbocycles. The molecule has 0 saturated carbocycles. The molecule has 8 nitrogen and oxygen atoms in total. The third-order valence-corrected chi connectivity index (χ3v) is 5.78. The zero-order valence-electron chi connectivity index (χ0n) is 14.8. The molecule has 0 unspecified atom stereocenters. The Bertz CT molecular complexity index is 880. The van der Waals surface area contributed by atoms with Crippen LogP contribution in [0.2, 0.25) is 0 Å². The Hall–Kier alpha value is -2.39. The number of amides is 1. The van der Waals surface area contributed by atoms with E-state index in [1.54, 1.807) is 40.2 Å². The van der Waals surface area contributed by atoms with Crippen LogP contribution in [-0.2, 0) is 14.8 Å². The van der Waals surface area contributed by atoms with Crippen molar-refractivity contribution >= 4 is 15.9 Å². The first kappa shape index (κ1) is 18.4. The Balaban J connectivity index is 1.87. The first-order valence-corrected chi connectivity index (χ1v) is 9.91. The Morgan fingerprint density at radius 3 is 2.85 bits per heavy atom. The lowest BCUT2D eigenvalue weighted by Gasteiger charge is -2.17. The molecule has 26 heavy (non-hydrogen) atoms. The van der Waals surface area contributed by atoms with E-state index in [2.05, 4.69) is 9.82 Å². The van der Waals surface area contributed by atoms with Gasteiger partial charge in [-0.1, -0.05) is 6.92 Å². The molecule has 1 atom stereocenters. The number of nitrogens with one attached hydrogen (secondary N) is 1. The van der Waals surface area contributed by atoms with E-state index in [-0.39, 0.29) is 23.0 Å². The number of hydrogen-bond donors (Lipinski definition) is 1. The molecular weight excluding hydrogens is 356 g/mol. The maximum absolute atomic E-state index is 12.9. The highest BCUT2D eigenvalue weighted by Gasteiger charge is 2.33. The zero-order valence-corrected chi connectivity index (χ0v) is 15.6. The molecular formula is C17H22N4O4S. The monoisotopic (exact) mass is 378 g/mol. The van der Waals surface area contributed by atoms with Crippen molar-refractivity contribution in [1.29, 1.82) is 0 Å². The van der Waals surface area contributed by atoms with E-state index in [9.17, 15) is 13.2 Å². The number of sulfonamides is 1. The van der Waals surface area contributed by atoms with E-state index < -0.39 is 16.1 Å². The van der Waals surface area contributed by atoms with Gasteiger partial charge in [0.15, 0.2) is 0 Å². The fraction of sp³-hybridized carbons (Fsp3) is 0.412. The number of rotatable bonds is 7. The van der Waals surface area contributed by atoms with Crippen molar-refractivity contribution in [2.75, 3.05) is 20.2 Å². The van der Waals surface area contributed by atoms with Crippen LogP contribution in [0.4, 0.5) is 0 Å². The first-order chi connectivity index (χ1) is 12.4. The van der Waals surface area contributed by atoms with Crippen molar-refractivity contribution in [3.05, 3.63) is 36.7 Å². The molecule has 9 heteroatoms. The minimum absolute atomic E-state index is 0.0226. The number of carbonyl (C=O) groups is 1. The Kier molecular flexibility index (Phi) is 5.28. The normalized spacial score (nSPS) is 17.7. The van der Waals surface area contributed by atoms with E-state index in [4.69, 9.17) is 4.74 Å². The topological polar surface area (TPSA) is 93.5 Å². The summed E-state index contributed by atoms with van der Waals surface area (Å²) in [5.74, 6) is 0.208. The minimum Gasteiger partial charge on any atom is -0.495 e. The summed E-state index contributed by atoms with van der Waals surface area (Å²) in [6.45, 7) is 3.00. The van der Waals surface area contributed by atoms with Crippen LogP contribution in [0.15, 0.2) is 41.6 Å². The summed E-state index contributed by atoms with van der Waals surface area (Å²) < 4.78 is 35.3. The van der Waals surface area contributed by atoms with Crippen molar-refractivity contribution in [2.45, 2.75) is 30.7 Å². The summed E-state index contributed by atoms with van der Waals surface area (Å²) >= 11 is 0. The van der Waals surface area contributed by atoms with Crippen molar-refractivity contribution in [2.24, 2.45) is 0 Å². The first-order valence-electron chi connectivity index (χ1n) is 8.42. The minimum atomic E-state index is -3.86.